The summed E-state index contributed by atoms with van der Waals surface area (Å²) in [6.07, 6.45) is 4.39. The highest BCUT2D eigenvalue weighted by Crippen LogP contribution is 2.19. The first-order valence-electron chi connectivity index (χ1n) is 5.91. The third-order valence-corrected chi connectivity index (χ3v) is 2.76. The Morgan fingerprint density at radius 3 is 2.81 bits per heavy atom. The fraction of sp³-hybridized carbons (Fsp3) is 0.818. The quantitative estimate of drug-likeness (QED) is 0.782. The minimum absolute atomic E-state index is 0.142. The van der Waals surface area contributed by atoms with Gasteiger partial charge in [-0.1, -0.05) is 13.8 Å². The Balaban J connectivity index is 1.85. The largest absolute Gasteiger partial charge is 0.457 e. The molecule has 1 saturated carbocycles. The second-order valence-electron chi connectivity index (χ2n) is 4.78. The third-order valence-electron chi connectivity index (χ3n) is 2.76. The predicted octanol–water partition coefficient (Wildman–Crippen LogP) is 0.970. The van der Waals surface area contributed by atoms with E-state index >= 15 is 0 Å². The van der Waals surface area contributed by atoms with Crippen molar-refractivity contribution in [2.75, 3.05) is 6.54 Å². The molecule has 0 aliphatic heterocycles. The molecule has 0 aromatic carbocycles. The number of rotatable bonds is 6. The van der Waals surface area contributed by atoms with Crippen molar-refractivity contribution in [1.29, 1.82) is 0 Å². The van der Waals surface area contributed by atoms with E-state index < -0.39 is 0 Å². The second kappa shape index (κ2) is 4.82. The molecule has 0 amide bonds. The minimum atomic E-state index is 0.142. The zero-order valence-corrected chi connectivity index (χ0v) is 10.2. The van der Waals surface area contributed by atoms with Crippen molar-refractivity contribution in [3.05, 3.63) is 6.33 Å². The van der Waals surface area contributed by atoms with Crippen LogP contribution >= 0.6 is 0 Å². The number of aromatic nitrogens is 3. The van der Waals surface area contributed by atoms with Crippen LogP contribution in [0.4, 0.5) is 0 Å². The Kier molecular flexibility index (Phi) is 3.43. The maximum absolute atomic E-state index is 5.77. The van der Waals surface area contributed by atoms with E-state index in [1.165, 1.54) is 12.8 Å². The molecule has 1 unspecified atom stereocenters. The molecule has 2 rings (SSSR count). The van der Waals surface area contributed by atoms with Crippen LogP contribution in [0.25, 0.3) is 0 Å². The Morgan fingerprint density at radius 1 is 1.56 bits per heavy atom. The van der Waals surface area contributed by atoms with E-state index in [1.807, 2.05) is 7.05 Å². The maximum Gasteiger partial charge on any atom is 0.335 e. The lowest BCUT2D eigenvalue weighted by Gasteiger charge is -2.20. The topological polar surface area (TPSA) is 52.0 Å². The molecule has 0 saturated heterocycles. The fourth-order valence-corrected chi connectivity index (χ4v) is 1.49. The SMILES string of the molecule is CC(C)C(CNC1CC1)Oc1ncn(C)n1. The lowest BCUT2D eigenvalue weighted by Crippen LogP contribution is -2.36. The molecule has 1 heterocycles. The number of hydrogen-bond donors (Lipinski definition) is 1. The van der Waals surface area contributed by atoms with Gasteiger partial charge in [-0.3, -0.25) is 4.68 Å². The van der Waals surface area contributed by atoms with Gasteiger partial charge < -0.3 is 10.1 Å². The molecule has 5 heteroatoms. The van der Waals surface area contributed by atoms with E-state index in [-0.39, 0.29) is 6.10 Å². The summed E-state index contributed by atoms with van der Waals surface area (Å²) in [4.78, 5) is 4.08. The molecule has 1 atom stereocenters. The van der Waals surface area contributed by atoms with E-state index in [9.17, 15) is 0 Å². The molecular formula is C11H20N4O. The summed E-state index contributed by atoms with van der Waals surface area (Å²) in [6, 6.07) is 1.18. The molecule has 16 heavy (non-hydrogen) atoms. The molecule has 90 valence electrons. The number of ether oxygens (including phenoxy) is 1. The van der Waals surface area contributed by atoms with Crippen LogP contribution in [0.3, 0.4) is 0 Å². The minimum Gasteiger partial charge on any atom is -0.457 e. The van der Waals surface area contributed by atoms with Crippen LogP contribution in [-0.2, 0) is 7.05 Å². The summed E-state index contributed by atoms with van der Waals surface area (Å²) >= 11 is 0. The highest BCUT2D eigenvalue weighted by atomic mass is 16.5. The van der Waals surface area contributed by atoms with Gasteiger partial charge in [-0.05, 0) is 18.8 Å². The zero-order chi connectivity index (χ0) is 11.5. The Morgan fingerprint density at radius 2 is 2.31 bits per heavy atom. The Bertz CT molecular complexity index is 332. The van der Waals surface area contributed by atoms with Crippen LogP contribution in [0.2, 0.25) is 0 Å². The van der Waals surface area contributed by atoms with Gasteiger partial charge in [-0.15, -0.1) is 5.10 Å². The first-order valence-corrected chi connectivity index (χ1v) is 5.91. The van der Waals surface area contributed by atoms with Gasteiger partial charge in [0.05, 0.1) is 0 Å². The molecule has 0 bridgehead atoms. The number of hydrogen-bond acceptors (Lipinski definition) is 4. The fourth-order valence-electron chi connectivity index (χ4n) is 1.49. The molecule has 0 radical (unpaired) electrons. The van der Waals surface area contributed by atoms with E-state index in [4.69, 9.17) is 4.74 Å². The lowest BCUT2D eigenvalue weighted by atomic mass is 10.1. The molecule has 5 nitrogen and oxygen atoms in total. The van der Waals surface area contributed by atoms with Crippen molar-refractivity contribution in [2.45, 2.75) is 38.8 Å². The molecule has 1 fully saturated rings. The molecule has 1 aromatic rings. The van der Waals surface area contributed by atoms with Gasteiger partial charge in [0.25, 0.3) is 0 Å². The summed E-state index contributed by atoms with van der Waals surface area (Å²) in [6.45, 7) is 5.19. The second-order valence-corrected chi connectivity index (χ2v) is 4.78. The van der Waals surface area contributed by atoms with Crippen LogP contribution in [0.1, 0.15) is 26.7 Å². The van der Waals surface area contributed by atoms with Gasteiger partial charge in [0.15, 0.2) is 0 Å². The number of nitrogens with zero attached hydrogens (tertiary/aromatic N) is 3. The smallest absolute Gasteiger partial charge is 0.335 e. The van der Waals surface area contributed by atoms with Crippen molar-refractivity contribution in [1.82, 2.24) is 20.1 Å². The number of nitrogens with one attached hydrogen (secondary N) is 1. The summed E-state index contributed by atoms with van der Waals surface area (Å²) < 4.78 is 7.42. The summed E-state index contributed by atoms with van der Waals surface area (Å²) in [7, 11) is 1.84. The first-order chi connectivity index (χ1) is 7.65. The monoisotopic (exact) mass is 224 g/mol. The lowest BCUT2D eigenvalue weighted by molar-refractivity contribution is 0.135. The van der Waals surface area contributed by atoms with Crippen LogP contribution in [0.15, 0.2) is 6.33 Å². The number of aryl methyl sites for hydroxylation is 1. The summed E-state index contributed by atoms with van der Waals surface area (Å²) in [5.41, 5.74) is 0. The molecule has 1 aliphatic carbocycles. The predicted molar refractivity (Wildman–Crippen MR) is 61.3 cm³/mol. The average molecular weight is 224 g/mol. The van der Waals surface area contributed by atoms with Crippen molar-refractivity contribution < 1.29 is 4.74 Å². The van der Waals surface area contributed by atoms with Gasteiger partial charge in [0.1, 0.15) is 12.4 Å². The summed E-state index contributed by atoms with van der Waals surface area (Å²) in [5.74, 6) is 0.454. The van der Waals surface area contributed by atoms with Crippen LogP contribution in [0, 0.1) is 5.92 Å². The van der Waals surface area contributed by atoms with E-state index in [0.29, 0.717) is 18.0 Å². The molecular weight excluding hydrogens is 204 g/mol. The van der Waals surface area contributed by atoms with E-state index in [2.05, 4.69) is 29.2 Å². The van der Waals surface area contributed by atoms with Gasteiger partial charge in [-0.2, -0.15) is 4.98 Å². The van der Waals surface area contributed by atoms with Gasteiger partial charge in [0.2, 0.25) is 0 Å². The van der Waals surface area contributed by atoms with Gasteiger partial charge >= 0.3 is 6.01 Å². The van der Waals surface area contributed by atoms with Gasteiger partial charge in [0, 0.05) is 19.6 Å². The third kappa shape index (κ3) is 3.20. The van der Waals surface area contributed by atoms with E-state index in [1.54, 1.807) is 11.0 Å². The molecule has 0 spiro atoms. The Labute approximate surface area is 96.2 Å². The average Bonchev–Trinajstić information content (AvgIpc) is 2.96. The Hall–Kier alpha value is -1.10. The summed E-state index contributed by atoms with van der Waals surface area (Å²) in [5, 5.41) is 7.61. The highest BCUT2D eigenvalue weighted by Gasteiger charge is 2.24. The first kappa shape index (κ1) is 11.4. The van der Waals surface area contributed by atoms with Crippen molar-refractivity contribution in [3.8, 4) is 6.01 Å². The zero-order valence-electron chi connectivity index (χ0n) is 10.2. The van der Waals surface area contributed by atoms with E-state index in [0.717, 1.165) is 6.54 Å². The standard InChI is InChI=1S/C11H20N4O/c1-8(2)10(6-12-9-4-5-9)16-11-13-7-15(3)14-11/h7-10,12H,4-6H2,1-3H3. The molecule has 1 N–H and O–H groups in total. The van der Waals surface area contributed by atoms with Crippen LogP contribution in [0.5, 0.6) is 6.01 Å². The highest BCUT2D eigenvalue weighted by molar-refractivity contribution is 4.91. The van der Waals surface area contributed by atoms with Crippen LogP contribution < -0.4 is 10.1 Å². The maximum atomic E-state index is 5.77. The van der Waals surface area contributed by atoms with Crippen LogP contribution in [-0.4, -0.2) is 33.5 Å². The van der Waals surface area contributed by atoms with Crippen molar-refractivity contribution in [3.63, 3.8) is 0 Å². The molecule has 1 aromatic heterocycles. The van der Waals surface area contributed by atoms with Crippen molar-refractivity contribution in [2.24, 2.45) is 13.0 Å². The normalized spacial score (nSPS) is 17.8. The van der Waals surface area contributed by atoms with Gasteiger partial charge in [-0.25, -0.2) is 0 Å². The molecule has 1 aliphatic rings. The van der Waals surface area contributed by atoms with Crippen molar-refractivity contribution >= 4 is 0 Å².